The lowest BCUT2D eigenvalue weighted by molar-refractivity contribution is -0.119. The van der Waals surface area contributed by atoms with E-state index in [0.29, 0.717) is 17.4 Å². The van der Waals surface area contributed by atoms with E-state index in [0.717, 1.165) is 23.2 Å². The van der Waals surface area contributed by atoms with Crippen LogP contribution < -0.4 is 10.6 Å². The third-order valence-corrected chi connectivity index (χ3v) is 3.93. The first-order valence-electron chi connectivity index (χ1n) is 6.88. The summed E-state index contributed by atoms with van der Waals surface area (Å²) in [6, 6.07) is 9.89. The van der Waals surface area contributed by atoms with Crippen LogP contribution in [0.15, 0.2) is 36.5 Å². The minimum absolute atomic E-state index is 0.0358. The molecule has 2 N–H and O–H groups in total. The Morgan fingerprint density at radius 2 is 2.24 bits per heavy atom. The van der Waals surface area contributed by atoms with Crippen LogP contribution in [0.25, 0.3) is 0 Å². The van der Waals surface area contributed by atoms with Gasteiger partial charge in [0.05, 0.1) is 11.6 Å². The van der Waals surface area contributed by atoms with Crippen molar-refractivity contribution < 1.29 is 4.79 Å². The molecule has 0 radical (unpaired) electrons. The number of hydrogen-bond acceptors (Lipinski definition) is 3. The molecule has 2 heterocycles. The minimum Gasteiger partial charge on any atom is -0.384 e. The van der Waals surface area contributed by atoms with Crippen LogP contribution in [-0.4, -0.2) is 17.4 Å². The fraction of sp³-hybridized carbons (Fsp3) is 0.250. The third kappa shape index (κ3) is 3.00. The number of amides is 1. The van der Waals surface area contributed by atoms with Gasteiger partial charge in [0, 0.05) is 18.4 Å². The number of nitrogens with one attached hydrogen (secondary N) is 2. The quantitative estimate of drug-likeness (QED) is 0.837. The fourth-order valence-electron chi connectivity index (χ4n) is 2.50. The Labute approximate surface area is 128 Å². The SMILES string of the molecule is Cc1cnc(Cl)c(NC(=O)C2CNc3ccccc3C2)c1. The first-order valence-corrected chi connectivity index (χ1v) is 7.26. The van der Waals surface area contributed by atoms with Gasteiger partial charge in [-0.3, -0.25) is 4.79 Å². The maximum Gasteiger partial charge on any atom is 0.229 e. The lowest BCUT2D eigenvalue weighted by Gasteiger charge is -2.25. The minimum atomic E-state index is -0.114. The molecule has 0 fully saturated rings. The Morgan fingerprint density at radius 3 is 3.10 bits per heavy atom. The average molecular weight is 302 g/mol. The summed E-state index contributed by atoms with van der Waals surface area (Å²) in [5.41, 5.74) is 3.80. The zero-order valence-electron chi connectivity index (χ0n) is 11.7. The summed E-state index contributed by atoms with van der Waals surface area (Å²) in [7, 11) is 0. The van der Waals surface area contributed by atoms with Crippen molar-refractivity contribution in [3.05, 3.63) is 52.8 Å². The van der Waals surface area contributed by atoms with Gasteiger partial charge in [-0.15, -0.1) is 0 Å². The number of carbonyl (C=O) groups is 1. The number of hydrogen-bond donors (Lipinski definition) is 2. The van der Waals surface area contributed by atoms with E-state index in [1.807, 2.05) is 37.3 Å². The summed E-state index contributed by atoms with van der Waals surface area (Å²) in [4.78, 5) is 16.5. The monoisotopic (exact) mass is 301 g/mol. The largest absolute Gasteiger partial charge is 0.384 e. The summed E-state index contributed by atoms with van der Waals surface area (Å²) < 4.78 is 0. The van der Waals surface area contributed by atoms with Crippen molar-refractivity contribution in [2.45, 2.75) is 13.3 Å². The number of para-hydroxylation sites is 1. The number of rotatable bonds is 2. The van der Waals surface area contributed by atoms with Crippen molar-refractivity contribution in [1.29, 1.82) is 0 Å². The molecule has 1 aromatic carbocycles. The zero-order chi connectivity index (χ0) is 14.8. The second-order valence-corrected chi connectivity index (χ2v) is 5.64. The van der Waals surface area contributed by atoms with Crippen molar-refractivity contribution in [2.24, 2.45) is 5.92 Å². The number of fused-ring (bicyclic) bond motifs is 1. The molecule has 21 heavy (non-hydrogen) atoms. The topological polar surface area (TPSA) is 54.0 Å². The lowest BCUT2D eigenvalue weighted by Crippen LogP contribution is -2.33. The van der Waals surface area contributed by atoms with E-state index in [4.69, 9.17) is 11.6 Å². The van der Waals surface area contributed by atoms with Gasteiger partial charge in [0.2, 0.25) is 5.91 Å². The summed E-state index contributed by atoms with van der Waals surface area (Å²) in [5.74, 6) is -0.150. The maximum absolute atomic E-state index is 12.4. The van der Waals surface area contributed by atoms with Gasteiger partial charge in [-0.1, -0.05) is 29.8 Å². The van der Waals surface area contributed by atoms with E-state index in [2.05, 4.69) is 15.6 Å². The molecule has 5 heteroatoms. The number of benzene rings is 1. The van der Waals surface area contributed by atoms with Gasteiger partial charge >= 0.3 is 0 Å². The van der Waals surface area contributed by atoms with E-state index in [1.54, 1.807) is 6.20 Å². The second-order valence-electron chi connectivity index (χ2n) is 5.28. The Bertz CT molecular complexity index is 687. The Hall–Kier alpha value is -2.07. The molecular formula is C16H16ClN3O. The third-order valence-electron chi connectivity index (χ3n) is 3.63. The molecule has 108 valence electrons. The van der Waals surface area contributed by atoms with Gasteiger partial charge in [0.15, 0.2) is 5.15 Å². The molecule has 0 spiro atoms. The number of aromatic nitrogens is 1. The molecule has 0 bridgehead atoms. The predicted octanol–water partition coefficient (Wildman–Crippen LogP) is 3.27. The maximum atomic E-state index is 12.4. The van der Waals surface area contributed by atoms with E-state index in [-0.39, 0.29) is 11.8 Å². The molecule has 1 atom stereocenters. The first kappa shape index (κ1) is 13.9. The number of halogens is 1. The molecule has 4 nitrogen and oxygen atoms in total. The highest BCUT2D eigenvalue weighted by atomic mass is 35.5. The van der Waals surface area contributed by atoms with Gasteiger partial charge in [0.25, 0.3) is 0 Å². The molecule has 0 saturated carbocycles. The molecule has 3 rings (SSSR count). The van der Waals surface area contributed by atoms with Gasteiger partial charge in [-0.2, -0.15) is 0 Å². The van der Waals surface area contributed by atoms with Crippen molar-refractivity contribution in [3.8, 4) is 0 Å². The van der Waals surface area contributed by atoms with Gasteiger partial charge in [0.1, 0.15) is 0 Å². The molecule has 1 aliphatic rings. The van der Waals surface area contributed by atoms with Crippen molar-refractivity contribution >= 4 is 28.9 Å². The summed E-state index contributed by atoms with van der Waals surface area (Å²) in [6.45, 7) is 2.54. The summed E-state index contributed by atoms with van der Waals surface area (Å²) in [6.07, 6.45) is 2.41. The molecule has 1 aromatic heterocycles. The highest BCUT2D eigenvalue weighted by Crippen LogP contribution is 2.26. The smallest absolute Gasteiger partial charge is 0.229 e. The van der Waals surface area contributed by atoms with Crippen molar-refractivity contribution in [1.82, 2.24) is 4.98 Å². The van der Waals surface area contributed by atoms with E-state index >= 15 is 0 Å². The molecule has 1 unspecified atom stereocenters. The Kier molecular flexibility index (Phi) is 3.80. The highest BCUT2D eigenvalue weighted by molar-refractivity contribution is 6.32. The zero-order valence-corrected chi connectivity index (χ0v) is 12.4. The van der Waals surface area contributed by atoms with Crippen LogP contribution in [0.5, 0.6) is 0 Å². The average Bonchev–Trinajstić information content (AvgIpc) is 2.50. The fourth-order valence-corrected chi connectivity index (χ4v) is 2.65. The number of aryl methyl sites for hydroxylation is 1. The predicted molar refractivity (Wildman–Crippen MR) is 84.7 cm³/mol. The standard InChI is InChI=1S/C16H16ClN3O/c1-10-6-14(15(17)19-8-10)20-16(21)12-7-11-4-2-3-5-13(11)18-9-12/h2-6,8,12,18H,7,9H2,1H3,(H,20,21). The molecule has 1 amide bonds. The van der Waals surface area contributed by atoms with Crippen molar-refractivity contribution in [3.63, 3.8) is 0 Å². The lowest BCUT2D eigenvalue weighted by atomic mass is 9.93. The second kappa shape index (κ2) is 5.74. The van der Waals surface area contributed by atoms with Crippen LogP contribution in [0.3, 0.4) is 0 Å². The van der Waals surface area contributed by atoms with Gasteiger partial charge in [-0.25, -0.2) is 4.98 Å². The van der Waals surface area contributed by atoms with Gasteiger partial charge in [-0.05, 0) is 36.6 Å². The van der Waals surface area contributed by atoms with E-state index < -0.39 is 0 Å². The molecular weight excluding hydrogens is 286 g/mol. The number of carbonyl (C=O) groups excluding carboxylic acids is 1. The first-order chi connectivity index (χ1) is 10.1. The number of anilines is 2. The molecule has 0 aliphatic carbocycles. The molecule has 0 saturated heterocycles. The van der Waals surface area contributed by atoms with Crippen LogP contribution in [0, 0.1) is 12.8 Å². The molecule has 2 aromatic rings. The number of pyridine rings is 1. The van der Waals surface area contributed by atoms with E-state index in [9.17, 15) is 4.79 Å². The Morgan fingerprint density at radius 1 is 1.43 bits per heavy atom. The van der Waals surface area contributed by atoms with Crippen LogP contribution >= 0.6 is 11.6 Å². The summed E-state index contributed by atoms with van der Waals surface area (Å²) >= 11 is 6.02. The van der Waals surface area contributed by atoms with Crippen LogP contribution in [0.4, 0.5) is 11.4 Å². The van der Waals surface area contributed by atoms with E-state index in [1.165, 1.54) is 0 Å². The normalized spacial score (nSPS) is 16.8. The summed E-state index contributed by atoms with van der Waals surface area (Å²) in [5, 5.41) is 6.49. The van der Waals surface area contributed by atoms with Gasteiger partial charge < -0.3 is 10.6 Å². The van der Waals surface area contributed by atoms with Crippen molar-refractivity contribution in [2.75, 3.05) is 17.2 Å². The van der Waals surface area contributed by atoms with Crippen LogP contribution in [0.2, 0.25) is 5.15 Å². The number of nitrogens with zero attached hydrogens (tertiary/aromatic N) is 1. The highest BCUT2D eigenvalue weighted by Gasteiger charge is 2.24. The molecule has 1 aliphatic heterocycles. The Balaban J connectivity index is 1.74. The van der Waals surface area contributed by atoms with Crippen LogP contribution in [-0.2, 0) is 11.2 Å². The van der Waals surface area contributed by atoms with Crippen LogP contribution in [0.1, 0.15) is 11.1 Å².